The summed E-state index contributed by atoms with van der Waals surface area (Å²) >= 11 is 0. The number of benzene rings is 1. The quantitative estimate of drug-likeness (QED) is 0.879. The lowest BCUT2D eigenvalue weighted by molar-refractivity contribution is -0.119. The van der Waals surface area contributed by atoms with Crippen LogP contribution >= 0.6 is 0 Å². The van der Waals surface area contributed by atoms with Gasteiger partial charge < -0.3 is 19.9 Å². The second kappa shape index (κ2) is 6.62. The van der Waals surface area contributed by atoms with Gasteiger partial charge in [0.1, 0.15) is 18.2 Å². The lowest BCUT2D eigenvalue weighted by Crippen LogP contribution is -2.24. The van der Waals surface area contributed by atoms with Crippen molar-refractivity contribution in [2.24, 2.45) is 13.0 Å². The molecule has 2 N–H and O–H groups in total. The van der Waals surface area contributed by atoms with Crippen molar-refractivity contribution in [2.75, 3.05) is 18.4 Å². The van der Waals surface area contributed by atoms with Crippen molar-refractivity contribution in [1.82, 2.24) is 14.9 Å². The third-order valence-corrected chi connectivity index (χ3v) is 3.84. The van der Waals surface area contributed by atoms with E-state index in [1.54, 1.807) is 6.20 Å². The number of ether oxygens (including phenoxy) is 1. The molecule has 1 saturated heterocycles. The molecule has 0 aliphatic carbocycles. The molecule has 0 radical (unpaired) electrons. The van der Waals surface area contributed by atoms with Gasteiger partial charge in [0, 0.05) is 31.7 Å². The molecule has 2 aromatic rings. The van der Waals surface area contributed by atoms with Gasteiger partial charge in [-0.25, -0.2) is 4.98 Å². The maximum atomic E-state index is 12.0. The van der Waals surface area contributed by atoms with E-state index in [-0.39, 0.29) is 11.8 Å². The molecule has 1 fully saturated rings. The van der Waals surface area contributed by atoms with Gasteiger partial charge in [0.15, 0.2) is 0 Å². The Labute approximate surface area is 129 Å². The molecular weight excluding hydrogens is 280 g/mol. The summed E-state index contributed by atoms with van der Waals surface area (Å²) < 4.78 is 7.61. The molecule has 1 unspecified atom stereocenters. The van der Waals surface area contributed by atoms with Gasteiger partial charge in [-0.05, 0) is 37.2 Å². The van der Waals surface area contributed by atoms with E-state index in [1.165, 1.54) is 0 Å². The number of aryl methyl sites for hydroxylation is 1. The molecule has 6 heteroatoms. The van der Waals surface area contributed by atoms with Gasteiger partial charge >= 0.3 is 0 Å². The Balaban J connectivity index is 1.53. The predicted octanol–water partition coefficient (Wildman–Crippen LogP) is 1.55. The first kappa shape index (κ1) is 14.6. The molecule has 22 heavy (non-hydrogen) atoms. The van der Waals surface area contributed by atoms with E-state index in [9.17, 15) is 4.79 Å². The molecule has 0 saturated carbocycles. The van der Waals surface area contributed by atoms with Crippen LogP contribution in [-0.2, 0) is 18.4 Å². The van der Waals surface area contributed by atoms with Gasteiger partial charge in [-0.3, -0.25) is 4.79 Å². The lowest BCUT2D eigenvalue weighted by atomic mass is 10.1. The summed E-state index contributed by atoms with van der Waals surface area (Å²) in [5.74, 6) is 1.76. The Hall–Kier alpha value is -2.34. The van der Waals surface area contributed by atoms with E-state index in [2.05, 4.69) is 15.6 Å². The van der Waals surface area contributed by atoms with E-state index in [4.69, 9.17) is 4.74 Å². The molecule has 1 amide bonds. The fourth-order valence-corrected chi connectivity index (χ4v) is 2.44. The molecule has 0 bridgehead atoms. The largest absolute Gasteiger partial charge is 0.486 e. The Kier molecular flexibility index (Phi) is 4.39. The van der Waals surface area contributed by atoms with Crippen LogP contribution < -0.4 is 15.4 Å². The average Bonchev–Trinajstić information content (AvgIpc) is 3.18. The number of nitrogens with one attached hydrogen (secondary N) is 2. The highest BCUT2D eigenvalue weighted by atomic mass is 16.5. The first-order valence-electron chi connectivity index (χ1n) is 7.43. The van der Waals surface area contributed by atoms with Crippen LogP contribution in [0.15, 0.2) is 36.7 Å². The second-order valence-corrected chi connectivity index (χ2v) is 5.45. The fraction of sp³-hybridized carbons (Fsp3) is 0.375. The molecule has 1 atom stereocenters. The molecule has 3 rings (SSSR count). The minimum atomic E-state index is 0.0688. The summed E-state index contributed by atoms with van der Waals surface area (Å²) in [6, 6.07) is 7.42. The topological polar surface area (TPSA) is 68.2 Å². The van der Waals surface area contributed by atoms with Crippen LogP contribution in [0.2, 0.25) is 0 Å². The van der Waals surface area contributed by atoms with Crippen molar-refractivity contribution in [3.63, 3.8) is 0 Å². The second-order valence-electron chi connectivity index (χ2n) is 5.45. The number of imidazole rings is 1. The van der Waals surface area contributed by atoms with E-state index < -0.39 is 0 Å². The molecule has 2 heterocycles. The minimum absolute atomic E-state index is 0.0688. The monoisotopic (exact) mass is 300 g/mol. The molecule has 1 aliphatic heterocycles. The summed E-state index contributed by atoms with van der Waals surface area (Å²) in [5.41, 5.74) is 0.793. The van der Waals surface area contributed by atoms with Gasteiger partial charge in [-0.15, -0.1) is 0 Å². The molecule has 1 aromatic heterocycles. The van der Waals surface area contributed by atoms with Gasteiger partial charge in [0.05, 0.1) is 5.92 Å². The zero-order chi connectivity index (χ0) is 15.4. The Morgan fingerprint density at radius 1 is 1.45 bits per heavy atom. The SMILES string of the molecule is Cn1ccnc1COc1ccc(NC(=O)C2CCNC2)cc1. The van der Waals surface area contributed by atoms with Crippen LogP contribution in [0.4, 0.5) is 5.69 Å². The Morgan fingerprint density at radius 3 is 2.91 bits per heavy atom. The highest BCUT2D eigenvalue weighted by Gasteiger charge is 2.22. The normalized spacial score (nSPS) is 17.4. The van der Waals surface area contributed by atoms with Crippen LogP contribution in [0, 0.1) is 5.92 Å². The Bertz CT molecular complexity index is 630. The van der Waals surface area contributed by atoms with Gasteiger partial charge in [-0.1, -0.05) is 0 Å². The number of anilines is 1. The van der Waals surface area contributed by atoms with E-state index in [0.29, 0.717) is 6.61 Å². The van der Waals surface area contributed by atoms with Crippen molar-refractivity contribution in [1.29, 1.82) is 0 Å². The lowest BCUT2D eigenvalue weighted by Gasteiger charge is -2.11. The highest BCUT2D eigenvalue weighted by molar-refractivity contribution is 5.92. The summed E-state index contributed by atoms with van der Waals surface area (Å²) in [6.45, 7) is 2.09. The van der Waals surface area contributed by atoms with Crippen LogP contribution in [0.1, 0.15) is 12.2 Å². The molecule has 6 nitrogen and oxygen atoms in total. The number of carbonyl (C=O) groups excluding carboxylic acids is 1. The smallest absolute Gasteiger partial charge is 0.228 e. The Morgan fingerprint density at radius 2 is 2.27 bits per heavy atom. The maximum Gasteiger partial charge on any atom is 0.228 e. The third-order valence-electron chi connectivity index (χ3n) is 3.84. The number of aromatic nitrogens is 2. The van der Waals surface area contributed by atoms with Crippen LogP contribution in [-0.4, -0.2) is 28.5 Å². The molecule has 1 aliphatic rings. The number of nitrogens with zero attached hydrogens (tertiary/aromatic N) is 2. The molecular formula is C16H20N4O2. The molecule has 1 aromatic carbocycles. The summed E-state index contributed by atoms with van der Waals surface area (Å²) in [5, 5.41) is 6.13. The number of amides is 1. The van der Waals surface area contributed by atoms with E-state index >= 15 is 0 Å². The maximum absolute atomic E-state index is 12.0. The molecule has 0 spiro atoms. The summed E-state index contributed by atoms with van der Waals surface area (Å²) in [6.07, 6.45) is 4.53. The minimum Gasteiger partial charge on any atom is -0.486 e. The van der Waals surface area contributed by atoms with E-state index in [1.807, 2.05) is 42.1 Å². The van der Waals surface area contributed by atoms with Gasteiger partial charge in [0.25, 0.3) is 0 Å². The van der Waals surface area contributed by atoms with Gasteiger partial charge in [0.2, 0.25) is 5.91 Å². The zero-order valence-corrected chi connectivity index (χ0v) is 12.6. The van der Waals surface area contributed by atoms with Crippen LogP contribution in [0.25, 0.3) is 0 Å². The van der Waals surface area contributed by atoms with Gasteiger partial charge in [-0.2, -0.15) is 0 Å². The number of carbonyl (C=O) groups is 1. The van der Waals surface area contributed by atoms with E-state index in [0.717, 1.165) is 36.8 Å². The van der Waals surface area contributed by atoms with Crippen molar-refractivity contribution in [2.45, 2.75) is 13.0 Å². The first-order chi connectivity index (χ1) is 10.7. The zero-order valence-electron chi connectivity index (χ0n) is 12.6. The predicted molar refractivity (Wildman–Crippen MR) is 83.6 cm³/mol. The fourth-order valence-electron chi connectivity index (χ4n) is 2.44. The highest BCUT2D eigenvalue weighted by Crippen LogP contribution is 2.18. The average molecular weight is 300 g/mol. The number of hydrogen-bond acceptors (Lipinski definition) is 4. The standard InChI is InChI=1S/C16H20N4O2/c1-20-9-8-18-15(20)11-22-14-4-2-13(3-5-14)19-16(21)12-6-7-17-10-12/h2-5,8-9,12,17H,6-7,10-11H2,1H3,(H,19,21). The number of rotatable bonds is 5. The number of hydrogen-bond donors (Lipinski definition) is 2. The molecule has 116 valence electrons. The summed E-state index contributed by atoms with van der Waals surface area (Å²) in [7, 11) is 1.93. The van der Waals surface area contributed by atoms with Crippen molar-refractivity contribution >= 4 is 11.6 Å². The van der Waals surface area contributed by atoms with Crippen molar-refractivity contribution in [3.05, 3.63) is 42.5 Å². The summed E-state index contributed by atoms with van der Waals surface area (Å²) in [4.78, 5) is 16.2. The van der Waals surface area contributed by atoms with Crippen LogP contribution in [0.5, 0.6) is 5.75 Å². The van der Waals surface area contributed by atoms with Crippen molar-refractivity contribution < 1.29 is 9.53 Å². The first-order valence-corrected chi connectivity index (χ1v) is 7.43. The third kappa shape index (κ3) is 3.46. The van der Waals surface area contributed by atoms with Crippen LogP contribution in [0.3, 0.4) is 0 Å². The van der Waals surface area contributed by atoms with Crippen molar-refractivity contribution in [3.8, 4) is 5.75 Å².